The lowest BCUT2D eigenvalue weighted by atomic mass is 9.58. The Balaban J connectivity index is 3.52. The lowest BCUT2D eigenvalue weighted by molar-refractivity contribution is -0.170. The number of sulfonamides is 2. The molecule has 0 saturated heterocycles. The van der Waals surface area contributed by atoms with Crippen molar-refractivity contribution < 1.29 is 63.7 Å². The number of thiocarbonyl (C=S) groups is 1. The smallest absolute Gasteiger partial charge is 0.480 e. The summed E-state index contributed by atoms with van der Waals surface area (Å²) in [6, 6.07) is 10.5. The number of thioether (sulfide) groups is 1. The fourth-order valence-corrected chi connectivity index (χ4v) is 7.58. The quantitative estimate of drug-likeness (QED) is 0.120. The zero-order valence-corrected chi connectivity index (χ0v) is 29.0. The van der Waals surface area contributed by atoms with Crippen molar-refractivity contribution in [1.29, 1.82) is 5.26 Å². The molecule has 1 aromatic rings. The van der Waals surface area contributed by atoms with Gasteiger partial charge in [-0.15, -0.1) is 11.8 Å². The van der Waals surface area contributed by atoms with E-state index in [2.05, 4.69) is 0 Å². The van der Waals surface area contributed by atoms with E-state index in [9.17, 15) is 54.8 Å². The number of carbonyl (C=O) groups is 3. The van der Waals surface area contributed by atoms with Crippen molar-refractivity contribution in [2.75, 3.05) is 38.4 Å². The molecule has 0 fully saturated rings. The Kier molecular flexibility index (Phi) is 15.3. The van der Waals surface area contributed by atoms with Crippen molar-refractivity contribution in [3.8, 4) is 6.07 Å². The van der Waals surface area contributed by atoms with Crippen LogP contribution in [0.1, 0.15) is 45.6 Å². The number of halogens is 3. The number of rotatable bonds is 19. The average Bonchev–Trinajstić information content (AvgIpc) is 2.97. The summed E-state index contributed by atoms with van der Waals surface area (Å²) in [5.41, 5.74) is -10.9. The fraction of sp³-hybridized carbons (Fsp3) is 0.593. The van der Waals surface area contributed by atoms with Crippen LogP contribution in [0, 0.1) is 27.6 Å². The molecule has 0 aliphatic carbocycles. The van der Waals surface area contributed by atoms with Gasteiger partial charge in [-0.2, -0.15) is 18.4 Å². The summed E-state index contributed by atoms with van der Waals surface area (Å²) in [5.74, 6) is -5.14. The van der Waals surface area contributed by atoms with Gasteiger partial charge in [-0.1, -0.05) is 42.5 Å². The van der Waals surface area contributed by atoms with E-state index in [-0.39, 0.29) is 25.4 Å². The van der Waals surface area contributed by atoms with Crippen molar-refractivity contribution >= 4 is 66.1 Å². The van der Waals surface area contributed by atoms with E-state index in [4.69, 9.17) is 26.4 Å². The molecule has 0 bridgehead atoms. The second-order valence-corrected chi connectivity index (χ2v) is 16.1. The number of methoxy groups -OCH3 is 1. The molecule has 47 heavy (non-hydrogen) atoms. The number of esters is 2. The van der Waals surface area contributed by atoms with Crippen LogP contribution >= 0.6 is 24.0 Å². The van der Waals surface area contributed by atoms with Gasteiger partial charge in [-0.3, -0.25) is 14.4 Å². The molecule has 0 amide bonds. The molecule has 0 aliphatic heterocycles. The highest BCUT2D eigenvalue weighted by Gasteiger charge is 2.57. The standard InChI is InChI=1S/C27H34F3N2O11S4/c1-24(18-45-21(44)19-8-6-5-7-9-19,22(35)43-14-15-46(37,38)32-47(39,40)27(28,29)30)16-26(3,23(36)42-13-12-41-4)25(2,17-31)11-10-20(33)34/h5-9H,10-16,18H2,1-4H3,(H,33,34)/q-1. The molecule has 1 aromatic carbocycles. The maximum Gasteiger partial charge on any atom is 0.480 e. The number of aliphatic carboxylic acids is 1. The van der Waals surface area contributed by atoms with E-state index in [0.717, 1.165) is 11.8 Å². The molecule has 0 aliphatic rings. The van der Waals surface area contributed by atoms with Crippen molar-refractivity contribution in [3.05, 3.63) is 40.0 Å². The first kappa shape index (κ1) is 42.2. The van der Waals surface area contributed by atoms with E-state index in [1.807, 2.05) is 10.2 Å². The third kappa shape index (κ3) is 12.0. The second kappa shape index (κ2) is 17.0. The maximum atomic E-state index is 13.6. The minimum Gasteiger partial charge on any atom is -0.481 e. The van der Waals surface area contributed by atoms with Crippen LogP contribution in [0.5, 0.6) is 0 Å². The molecule has 13 nitrogen and oxygen atoms in total. The number of alkyl halides is 3. The molecule has 1 rings (SSSR count). The summed E-state index contributed by atoms with van der Waals surface area (Å²) in [7, 11) is -10.4. The van der Waals surface area contributed by atoms with Gasteiger partial charge in [0, 0.05) is 19.3 Å². The number of hydrogen-bond acceptors (Lipinski definition) is 13. The van der Waals surface area contributed by atoms with Crippen LogP contribution in [-0.4, -0.2) is 88.0 Å². The number of carboxylic acid groups (broad SMARTS) is 1. The zero-order chi connectivity index (χ0) is 36.3. The summed E-state index contributed by atoms with van der Waals surface area (Å²) >= 11 is 6.43. The minimum atomic E-state index is -6.41. The molecule has 0 heterocycles. The number of nitrogens with zero attached hydrogens (tertiary/aromatic N) is 2. The van der Waals surface area contributed by atoms with Gasteiger partial charge < -0.3 is 23.4 Å². The molecular formula is C27H34F3N2O11S4-. The molecule has 0 saturated carbocycles. The Morgan fingerprint density at radius 2 is 1.57 bits per heavy atom. The molecule has 0 aromatic heterocycles. The van der Waals surface area contributed by atoms with Crippen LogP contribution in [0.3, 0.4) is 0 Å². The minimum absolute atomic E-state index is 0.0374. The van der Waals surface area contributed by atoms with Crippen molar-refractivity contribution in [2.24, 2.45) is 16.2 Å². The highest BCUT2D eigenvalue weighted by atomic mass is 32.3. The van der Waals surface area contributed by atoms with Gasteiger partial charge in [0.15, 0.2) is 10.0 Å². The highest BCUT2D eigenvalue weighted by Crippen LogP contribution is 2.51. The SMILES string of the molecule is COCCOC(=O)C(C)(CC(C)(CSC(=S)c1ccccc1)C(=O)OCCS(=O)(=O)[N-]S(=O)(=O)C(F)(F)F)C(C)(C#N)CCC(=O)O. The first-order valence-corrected chi connectivity index (χ1v) is 17.9. The predicted molar refractivity (Wildman–Crippen MR) is 168 cm³/mol. The number of carbonyl (C=O) groups excluding carboxylic acids is 2. The third-order valence-electron chi connectivity index (χ3n) is 7.12. The summed E-state index contributed by atoms with van der Waals surface area (Å²) in [6.07, 6.45) is -1.44. The zero-order valence-electron chi connectivity index (χ0n) is 25.7. The van der Waals surface area contributed by atoms with Gasteiger partial charge in [0.2, 0.25) is 0 Å². The van der Waals surface area contributed by atoms with Gasteiger partial charge >= 0.3 is 23.4 Å². The molecule has 1 N–H and O–H groups in total. The van der Waals surface area contributed by atoms with Crippen LogP contribution in [-0.2, 0) is 48.6 Å². The van der Waals surface area contributed by atoms with Crippen LogP contribution in [0.15, 0.2) is 30.3 Å². The Labute approximate surface area is 280 Å². The van der Waals surface area contributed by atoms with E-state index in [1.54, 1.807) is 30.3 Å². The van der Waals surface area contributed by atoms with E-state index in [1.165, 1.54) is 27.9 Å². The number of hydrogen-bond donors (Lipinski definition) is 1. The molecule has 264 valence electrons. The van der Waals surface area contributed by atoms with Gasteiger partial charge in [0.25, 0.3) is 0 Å². The monoisotopic (exact) mass is 747 g/mol. The van der Waals surface area contributed by atoms with Crippen LogP contribution < -0.4 is 0 Å². The Morgan fingerprint density at radius 1 is 1.00 bits per heavy atom. The summed E-state index contributed by atoms with van der Waals surface area (Å²) in [4.78, 5) is 38.7. The first-order valence-electron chi connectivity index (χ1n) is 13.5. The largest absolute Gasteiger partial charge is 0.481 e. The van der Waals surface area contributed by atoms with Gasteiger partial charge in [-0.25, -0.2) is 16.8 Å². The third-order valence-corrected chi connectivity index (χ3v) is 12.0. The topological polar surface area (TPSA) is 205 Å². The second-order valence-electron chi connectivity index (χ2n) is 10.9. The molecule has 20 heteroatoms. The first-order chi connectivity index (χ1) is 21.5. The van der Waals surface area contributed by atoms with Crippen molar-refractivity contribution in [2.45, 2.75) is 45.5 Å². The maximum absolute atomic E-state index is 13.6. The predicted octanol–water partition coefficient (Wildman–Crippen LogP) is 4.18. The summed E-state index contributed by atoms with van der Waals surface area (Å²) in [5, 5.41) is 19.5. The normalized spacial score (nSPS) is 16.0. The van der Waals surface area contributed by atoms with Gasteiger partial charge in [0.1, 0.15) is 13.2 Å². The highest BCUT2D eigenvalue weighted by molar-refractivity contribution is 8.23. The molecule has 0 spiro atoms. The Hall–Kier alpha value is -2.83. The molecule has 3 atom stereocenters. The number of ether oxygens (including phenoxy) is 3. The van der Waals surface area contributed by atoms with Gasteiger partial charge in [-0.05, 0) is 39.2 Å². The molecule has 0 radical (unpaired) electrons. The molecule has 3 unspecified atom stereocenters. The molecular weight excluding hydrogens is 714 g/mol. The van der Waals surface area contributed by atoms with Crippen LogP contribution in [0.4, 0.5) is 13.2 Å². The Morgan fingerprint density at radius 3 is 2.09 bits per heavy atom. The number of benzene rings is 1. The van der Waals surface area contributed by atoms with Crippen LogP contribution in [0.2, 0.25) is 0 Å². The summed E-state index contributed by atoms with van der Waals surface area (Å²) in [6.45, 7) is 2.48. The average molecular weight is 748 g/mol. The summed E-state index contributed by atoms with van der Waals surface area (Å²) < 4.78 is 102. The lowest BCUT2D eigenvalue weighted by Gasteiger charge is -2.44. The lowest BCUT2D eigenvalue weighted by Crippen LogP contribution is -2.50. The number of carboxylic acids is 1. The number of nitriles is 1. The van der Waals surface area contributed by atoms with E-state index >= 15 is 0 Å². The van der Waals surface area contributed by atoms with E-state index < -0.39 is 84.9 Å². The fourth-order valence-electron chi connectivity index (χ4n) is 4.17. The van der Waals surface area contributed by atoms with Gasteiger partial charge in [0.05, 0.1) is 48.9 Å². The van der Waals surface area contributed by atoms with Crippen molar-refractivity contribution in [1.82, 2.24) is 0 Å². The van der Waals surface area contributed by atoms with Crippen LogP contribution in [0.25, 0.3) is 4.13 Å². The van der Waals surface area contributed by atoms with E-state index in [0.29, 0.717) is 9.76 Å². The Bertz CT molecular complexity index is 1550. The van der Waals surface area contributed by atoms with Crippen molar-refractivity contribution in [3.63, 3.8) is 0 Å².